The summed E-state index contributed by atoms with van der Waals surface area (Å²) in [7, 11) is -4.33. The largest absolute Gasteiger partial charge is 0.398 e. The first kappa shape index (κ1) is 27.8. The third-order valence-electron chi connectivity index (χ3n) is 7.82. The van der Waals surface area contributed by atoms with Gasteiger partial charge in [-0.25, -0.2) is 13.6 Å². The van der Waals surface area contributed by atoms with Gasteiger partial charge in [-0.15, -0.1) is 0 Å². The second-order valence-corrected chi connectivity index (χ2v) is 11.6. The molecule has 38 heavy (non-hydrogen) atoms. The fraction of sp³-hybridized carbons (Fsp3) is 0.500. The molecule has 2 aliphatic heterocycles. The van der Waals surface area contributed by atoms with Crippen LogP contribution >= 0.6 is 0 Å². The molecule has 0 radical (unpaired) electrons. The second kappa shape index (κ2) is 11.3. The van der Waals surface area contributed by atoms with Crippen molar-refractivity contribution in [3.63, 3.8) is 0 Å². The maximum absolute atomic E-state index is 13.7. The van der Waals surface area contributed by atoms with Gasteiger partial charge in [0.2, 0.25) is 10.0 Å². The summed E-state index contributed by atoms with van der Waals surface area (Å²) in [6.45, 7) is 3.75. The molecule has 0 saturated carbocycles. The lowest BCUT2D eigenvalue weighted by atomic mass is 9.84. The standard InChI is InChI=1S/C26H36N6O5S/c1-16-22-19(13-20(23(16)27)25(35)17-5-10-31(11-6-17)15-30-28)21(14-34)26(38(29,36)37)18(7-12-33)24(22)32-8-3-2-4-9-32/h12-13,15,17,34H,2-11,14,27-28H2,1H3,(H2,29,36,37). The van der Waals surface area contributed by atoms with E-state index in [9.17, 15) is 23.1 Å². The summed E-state index contributed by atoms with van der Waals surface area (Å²) in [5, 5.41) is 20.7. The number of fused-ring (bicyclic) bond motifs is 1. The summed E-state index contributed by atoms with van der Waals surface area (Å²) < 4.78 is 25.8. The summed E-state index contributed by atoms with van der Waals surface area (Å²) in [6.07, 6.45) is 6.05. The number of carbonyl (C=O) groups is 2. The average Bonchev–Trinajstić information content (AvgIpc) is 2.90. The molecule has 4 rings (SSSR count). The van der Waals surface area contributed by atoms with Gasteiger partial charge in [-0.2, -0.15) is 5.10 Å². The number of Topliss-reactive ketones (excluding diaryl/α,β-unsaturated/α-hetero) is 1. The van der Waals surface area contributed by atoms with Crippen molar-refractivity contribution in [1.82, 2.24) is 4.90 Å². The Bertz CT molecular complexity index is 1380. The van der Waals surface area contributed by atoms with Gasteiger partial charge in [0.05, 0.1) is 11.5 Å². The number of hydrazone groups is 1. The zero-order valence-electron chi connectivity index (χ0n) is 21.6. The molecular weight excluding hydrogens is 508 g/mol. The molecule has 0 aromatic heterocycles. The second-order valence-electron chi connectivity index (χ2n) is 10.1. The van der Waals surface area contributed by atoms with Crippen LogP contribution in [0.1, 0.15) is 59.2 Å². The number of nitrogen functional groups attached to an aromatic ring is 1. The first-order valence-electron chi connectivity index (χ1n) is 12.9. The number of aliphatic hydroxyl groups excluding tert-OH is 1. The van der Waals surface area contributed by atoms with E-state index in [1.54, 1.807) is 19.3 Å². The van der Waals surface area contributed by atoms with Gasteiger partial charge in [0.1, 0.15) is 12.6 Å². The highest BCUT2D eigenvalue weighted by atomic mass is 32.2. The van der Waals surface area contributed by atoms with Crippen molar-refractivity contribution in [3.8, 4) is 0 Å². The van der Waals surface area contributed by atoms with Crippen molar-refractivity contribution >= 4 is 50.6 Å². The molecular formula is C26H36N6O5S. The summed E-state index contributed by atoms with van der Waals surface area (Å²) in [6, 6.07) is 1.60. The van der Waals surface area contributed by atoms with E-state index < -0.39 is 16.6 Å². The number of ketones is 1. The van der Waals surface area contributed by atoms with Crippen molar-refractivity contribution in [2.45, 2.75) is 57.0 Å². The van der Waals surface area contributed by atoms with Crippen LogP contribution in [0.3, 0.4) is 0 Å². The minimum atomic E-state index is -4.33. The molecule has 2 saturated heterocycles. The molecule has 2 heterocycles. The van der Waals surface area contributed by atoms with Crippen LogP contribution < -0.4 is 21.6 Å². The molecule has 2 aromatic carbocycles. The van der Waals surface area contributed by atoms with Crippen molar-refractivity contribution in [2.75, 3.05) is 36.8 Å². The van der Waals surface area contributed by atoms with Gasteiger partial charge in [0.25, 0.3) is 0 Å². The Morgan fingerprint density at radius 1 is 1.16 bits per heavy atom. The maximum Gasteiger partial charge on any atom is 0.238 e. The zero-order chi connectivity index (χ0) is 27.6. The highest BCUT2D eigenvalue weighted by molar-refractivity contribution is 7.89. The fourth-order valence-electron chi connectivity index (χ4n) is 5.97. The van der Waals surface area contributed by atoms with Crippen LogP contribution in [0.15, 0.2) is 16.1 Å². The number of primary sulfonamides is 1. The minimum absolute atomic E-state index is 0.0752. The molecule has 12 heteroatoms. The highest BCUT2D eigenvalue weighted by Gasteiger charge is 2.32. The van der Waals surface area contributed by atoms with Crippen LogP contribution in [0.25, 0.3) is 10.8 Å². The number of likely N-dealkylation sites (tertiary alicyclic amines) is 1. The molecule has 206 valence electrons. The maximum atomic E-state index is 13.7. The number of nitrogens with two attached hydrogens (primary N) is 3. The number of nitrogens with zero attached hydrogens (tertiary/aromatic N) is 3. The van der Waals surface area contributed by atoms with E-state index >= 15 is 0 Å². The first-order chi connectivity index (χ1) is 18.1. The number of piperidine rings is 2. The van der Waals surface area contributed by atoms with Gasteiger partial charge in [-0.05, 0) is 56.0 Å². The van der Waals surface area contributed by atoms with Crippen molar-refractivity contribution in [1.29, 1.82) is 0 Å². The minimum Gasteiger partial charge on any atom is -0.398 e. The first-order valence-corrected chi connectivity index (χ1v) is 14.4. The number of anilines is 2. The zero-order valence-corrected chi connectivity index (χ0v) is 22.5. The SMILES string of the molecule is Cc1c(N)c(C(=O)C2CCN(C=NN)CC2)cc2c(CO)c(S(N)(=O)=O)c(CC=O)c(N3CCCCC3)c12. The van der Waals surface area contributed by atoms with Gasteiger partial charge in [-0.3, -0.25) is 4.79 Å². The topological polar surface area (TPSA) is 185 Å². The number of aldehydes is 1. The molecule has 11 nitrogen and oxygen atoms in total. The monoisotopic (exact) mass is 544 g/mol. The molecule has 2 aromatic rings. The quantitative estimate of drug-likeness (QED) is 0.0725. The van der Waals surface area contributed by atoms with E-state index in [1.807, 2.05) is 4.90 Å². The Hall–Kier alpha value is -3.22. The van der Waals surface area contributed by atoms with E-state index in [4.69, 9.17) is 16.7 Å². The van der Waals surface area contributed by atoms with E-state index in [0.717, 1.165) is 19.3 Å². The molecule has 0 aliphatic carbocycles. The summed E-state index contributed by atoms with van der Waals surface area (Å²) in [5.74, 6) is 4.84. The molecule has 0 atom stereocenters. The molecule has 0 spiro atoms. The van der Waals surface area contributed by atoms with E-state index in [-0.39, 0.29) is 34.1 Å². The predicted molar refractivity (Wildman–Crippen MR) is 148 cm³/mol. The smallest absolute Gasteiger partial charge is 0.238 e. The van der Waals surface area contributed by atoms with Gasteiger partial charge in [-0.1, -0.05) is 0 Å². The number of hydrogen-bond acceptors (Lipinski definition) is 9. The number of carbonyl (C=O) groups excluding carboxylic acids is 2. The average molecular weight is 545 g/mol. The van der Waals surface area contributed by atoms with Crippen molar-refractivity contribution < 1.29 is 23.1 Å². The van der Waals surface area contributed by atoms with E-state index in [2.05, 4.69) is 10.0 Å². The van der Waals surface area contributed by atoms with Gasteiger partial charge in [0.15, 0.2) is 5.78 Å². The Balaban J connectivity index is 1.99. The van der Waals surface area contributed by atoms with Crippen molar-refractivity contribution in [3.05, 3.63) is 28.3 Å². The number of hydrogen-bond donors (Lipinski definition) is 4. The fourth-order valence-corrected chi connectivity index (χ4v) is 7.02. The van der Waals surface area contributed by atoms with Gasteiger partial charge >= 0.3 is 0 Å². The number of aliphatic hydroxyl groups is 1. The number of rotatable bonds is 8. The van der Waals surface area contributed by atoms with E-state index in [0.29, 0.717) is 78.6 Å². The predicted octanol–water partition coefficient (Wildman–Crippen LogP) is 1.40. The Labute approximate surface area is 222 Å². The number of sulfonamides is 1. The van der Waals surface area contributed by atoms with Crippen molar-refractivity contribution in [2.24, 2.45) is 22.0 Å². The summed E-state index contributed by atoms with van der Waals surface area (Å²) in [4.78, 5) is 29.2. The van der Waals surface area contributed by atoms with Crippen LogP contribution in [0.5, 0.6) is 0 Å². The Morgan fingerprint density at radius 3 is 2.37 bits per heavy atom. The number of aryl methyl sites for hydroxylation is 1. The third-order valence-corrected chi connectivity index (χ3v) is 8.88. The van der Waals surface area contributed by atoms with E-state index in [1.165, 1.54) is 0 Å². The summed E-state index contributed by atoms with van der Waals surface area (Å²) >= 11 is 0. The summed E-state index contributed by atoms with van der Waals surface area (Å²) in [5.41, 5.74) is 8.75. The van der Waals surface area contributed by atoms with Crippen LogP contribution in [0.4, 0.5) is 11.4 Å². The van der Waals surface area contributed by atoms with Crippen LogP contribution in [0, 0.1) is 12.8 Å². The Morgan fingerprint density at radius 2 is 1.82 bits per heavy atom. The third kappa shape index (κ3) is 5.07. The molecule has 2 aliphatic rings. The molecule has 2 fully saturated rings. The molecule has 0 unspecified atom stereocenters. The molecule has 0 amide bonds. The lowest BCUT2D eigenvalue weighted by Crippen LogP contribution is -2.36. The van der Waals surface area contributed by atoms with Crippen LogP contribution in [0.2, 0.25) is 0 Å². The van der Waals surface area contributed by atoms with Crippen LogP contribution in [-0.4, -0.2) is 63.0 Å². The highest BCUT2D eigenvalue weighted by Crippen LogP contribution is 2.44. The lowest BCUT2D eigenvalue weighted by Gasteiger charge is -2.34. The Kier molecular flexibility index (Phi) is 8.24. The molecule has 0 bridgehead atoms. The van der Waals surface area contributed by atoms with Crippen LogP contribution in [-0.2, 0) is 27.8 Å². The lowest BCUT2D eigenvalue weighted by molar-refractivity contribution is -0.107. The molecule has 7 N–H and O–H groups in total. The normalized spacial score (nSPS) is 17.4. The number of benzene rings is 2. The van der Waals surface area contributed by atoms with Gasteiger partial charge in [0, 0.05) is 72.0 Å². The van der Waals surface area contributed by atoms with Gasteiger partial charge < -0.3 is 31.3 Å².